The normalized spacial score (nSPS) is 15.4. The third-order valence-electron chi connectivity index (χ3n) is 7.58. The lowest BCUT2D eigenvalue weighted by atomic mass is 9.82. The SMILES string of the molecule is C=CCC1(N(Cc2cccc3c2ccn3S(=O)(=O)c2ccc(C)cc2)C(=O)C=C)CCN(C(=O)OC(C)(C)C)CC1. The summed E-state index contributed by atoms with van der Waals surface area (Å²) >= 11 is 0. The first kappa shape index (κ1) is 30.1. The fraction of sp³-hybridized carbons (Fsp3) is 0.375. The molecular formula is C32H39N3O5S. The summed E-state index contributed by atoms with van der Waals surface area (Å²) in [6.07, 6.45) is 5.91. The molecule has 0 unspecified atom stereocenters. The van der Waals surface area contributed by atoms with Crippen molar-refractivity contribution in [3.63, 3.8) is 0 Å². The number of amides is 2. The van der Waals surface area contributed by atoms with Gasteiger partial charge in [-0.15, -0.1) is 6.58 Å². The summed E-state index contributed by atoms with van der Waals surface area (Å²) in [5.74, 6) is -0.235. The second kappa shape index (κ2) is 11.6. The number of hydrogen-bond acceptors (Lipinski definition) is 5. The molecule has 0 radical (unpaired) electrons. The smallest absolute Gasteiger partial charge is 0.410 e. The molecule has 218 valence electrons. The highest BCUT2D eigenvalue weighted by atomic mass is 32.2. The molecule has 1 aromatic heterocycles. The van der Waals surface area contributed by atoms with Gasteiger partial charge in [0.1, 0.15) is 5.60 Å². The molecule has 0 aliphatic carbocycles. The van der Waals surface area contributed by atoms with E-state index in [4.69, 9.17) is 4.74 Å². The number of fused-ring (bicyclic) bond motifs is 1. The van der Waals surface area contributed by atoms with E-state index < -0.39 is 21.2 Å². The Labute approximate surface area is 242 Å². The van der Waals surface area contributed by atoms with E-state index in [1.165, 1.54) is 10.0 Å². The first-order chi connectivity index (χ1) is 19.3. The number of piperidine rings is 1. The maximum atomic E-state index is 13.5. The number of likely N-dealkylation sites (tertiary alicyclic amines) is 1. The topological polar surface area (TPSA) is 88.9 Å². The van der Waals surface area contributed by atoms with Crippen molar-refractivity contribution in [3.05, 3.63) is 91.2 Å². The van der Waals surface area contributed by atoms with Gasteiger partial charge in [0.2, 0.25) is 5.91 Å². The summed E-state index contributed by atoms with van der Waals surface area (Å²) in [7, 11) is -3.82. The highest BCUT2D eigenvalue weighted by molar-refractivity contribution is 7.90. The van der Waals surface area contributed by atoms with E-state index in [1.807, 2.05) is 33.8 Å². The van der Waals surface area contributed by atoms with E-state index in [0.29, 0.717) is 37.9 Å². The predicted octanol–water partition coefficient (Wildman–Crippen LogP) is 6.05. The molecule has 1 saturated heterocycles. The number of nitrogens with zero attached hydrogens (tertiary/aromatic N) is 3. The average Bonchev–Trinajstić information content (AvgIpc) is 3.37. The monoisotopic (exact) mass is 577 g/mol. The molecule has 41 heavy (non-hydrogen) atoms. The molecule has 0 bridgehead atoms. The minimum Gasteiger partial charge on any atom is -0.444 e. The van der Waals surface area contributed by atoms with Gasteiger partial charge in [0.25, 0.3) is 10.0 Å². The molecule has 2 amide bonds. The highest BCUT2D eigenvalue weighted by Gasteiger charge is 2.42. The van der Waals surface area contributed by atoms with Crippen molar-refractivity contribution in [1.82, 2.24) is 13.8 Å². The quantitative estimate of drug-likeness (QED) is 0.240. The molecule has 2 aromatic carbocycles. The number of carbonyl (C=O) groups excluding carboxylic acids is 2. The van der Waals surface area contributed by atoms with Crippen LogP contribution in [0.2, 0.25) is 0 Å². The van der Waals surface area contributed by atoms with Crippen LogP contribution in [0.3, 0.4) is 0 Å². The van der Waals surface area contributed by atoms with Crippen molar-refractivity contribution in [3.8, 4) is 0 Å². The molecule has 0 N–H and O–H groups in total. The van der Waals surface area contributed by atoms with Crippen molar-refractivity contribution < 1.29 is 22.7 Å². The largest absolute Gasteiger partial charge is 0.444 e. The van der Waals surface area contributed by atoms with Crippen LogP contribution in [0.5, 0.6) is 0 Å². The molecule has 4 rings (SSSR count). The molecule has 9 heteroatoms. The number of aryl methyl sites for hydroxylation is 1. The number of benzene rings is 2. The van der Waals surface area contributed by atoms with Gasteiger partial charge in [0, 0.05) is 31.2 Å². The first-order valence-corrected chi connectivity index (χ1v) is 15.2. The van der Waals surface area contributed by atoms with Crippen LogP contribution in [0.4, 0.5) is 4.79 Å². The molecule has 1 aliphatic heterocycles. The van der Waals surface area contributed by atoms with Gasteiger partial charge < -0.3 is 14.5 Å². The van der Waals surface area contributed by atoms with Gasteiger partial charge >= 0.3 is 6.09 Å². The van der Waals surface area contributed by atoms with Gasteiger partial charge in [0.15, 0.2) is 0 Å². The molecule has 1 aliphatic rings. The van der Waals surface area contributed by atoms with E-state index in [-0.39, 0.29) is 23.4 Å². The summed E-state index contributed by atoms with van der Waals surface area (Å²) in [5, 5.41) is 0.741. The van der Waals surface area contributed by atoms with Gasteiger partial charge in [-0.25, -0.2) is 17.2 Å². The number of ether oxygens (including phenoxy) is 1. The molecule has 1 fully saturated rings. The fourth-order valence-electron chi connectivity index (χ4n) is 5.42. The lowest BCUT2D eigenvalue weighted by Gasteiger charge is -2.48. The molecule has 0 saturated carbocycles. The Kier molecular flexibility index (Phi) is 8.49. The van der Waals surface area contributed by atoms with Gasteiger partial charge in [-0.1, -0.05) is 42.5 Å². The van der Waals surface area contributed by atoms with Crippen molar-refractivity contribution in [2.45, 2.75) is 69.5 Å². The van der Waals surface area contributed by atoms with Crippen LogP contribution in [-0.4, -0.2) is 58.4 Å². The van der Waals surface area contributed by atoms with Crippen molar-refractivity contribution in [2.24, 2.45) is 0 Å². The standard InChI is InChI=1S/C32H39N3O5S/c1-7-17-32(18-21-33(22-19-32)30(37)40-31(4,5)6)34(29(36)8-2)23-25-10-9-11-28-27(25)16-20-35(28)41(38,39)26-14-12-24(3)13-15-26/h7-16,20H,1-2,17-19,21-23H2,3-6H3. The zero-order chi connectivity index (χ0) is 30.0. The Morgan fingerprint density at radius 3 is 2.29 bits per heavy atom. The van der Waals surface area contributed by atoms with Gasteiger partial charge in [0.05, 0.1) is 16.0 Å². The number of carbonyl (C=O) groups is 2. The van der Waals surface area contributed by atoms with Crippen LogP contribution < -0.4 is 0 Å². The summed E-state index contributed by atoms with van der Waals surface area (Å²) in [6.45, 7) is 16.2. The molecule has 0 spiro atoms. The van der Waals surface area contributed by atoms with Crippen LogP contribution in [0.1, 0.15) is 51.2 Å². The number of aromatic nitrogens is 1. The van der Waals surface area contributed by atoms with Crippen LogP contribution in [0, 0.1) is 6.92 Å². The average molecular weight is 578 g/mol. The Balaban J connectivity index is 1.67. The number of hydrogen-bond donors (Lipinski definition) is 0. The van der Waals surface area contributed by atoms with Gasteiger partial charge in [-0.2, -0.15) is 0 Å². The molecule has 0 atom stereocenters. The Bertz CT molecular complexity index is 1560. The maximum absolute atomic E-state index is 13.5. The number of rotatable bonds is 8. The van der Waals surface area contributed by atoms with E-state index in [1.54, 1.807) is 64.5 Å². The predicted molar refractivity (Wildman–Crippen MR) is 161 cm³/mol. The van der Waals surface area contributed by atoms with Crippen molar-refractivity contribution in [2.75, 3.05) is 13.1 Å². The van der Waals surface area contributed by atoms with E-state index in [0.717, 1.165) is 16.5 Å². The summed E-state index contributed by atoms with van der Waals surface area (Å²) in [5.41, 5.74) is 1.13. The first-order valence-electron chi connectivity index (χ1n) is 13.8. The maximum Gasteiger partial charge on any atom is 0.410 e. The lowest BCUT2D eigenvalue weighted by Crippen LogP contribution is -2.57. The van der Waals surface area contributed by atoms with Crippen LogP contribution >= 0.6 is 0 Å². The van der Waals surface area contributed by atoms with Crippen LogP contribution in [-0.2, 0) is 26.1 Å². The van der Waals surface area contributed by atoms with Crippen molar-refractivity contribution >= 4 is 32.9 Å². The minimum absolute atomic E-state index is 0.205. The van der Waals surface area contributed by atoms with E-state index in [9.17, 15) is 18.0 Å². The zero-order valence-electron chi connectivity index (χ0n) is 24.3. The summed E-state index contributed by atoms with van der Waals surface area (Å²) < 4.78 is 33.8. The second-order valence-corrected chi connectivity index (χ2v) is 13.4. The Morgan fingerprint density at radius 2 is 1.71 bits per heavy atom. The third-order valence-corrected chi connectivity index (χ3v) is 9.28. The Morgan fingerprint density at radius 1 is 1.05 bits per heavy atom. The highest BCUT2D eigenvalue weighted by Crippen LogP contribution is 2.36. The van der Waals surface area contributed by atoms with Gasteiger partial charge in [-0.3, -0.25) is 4.79 Å². The molecule has 2 heterocycles. The van der Waals surface area contributed by atoms with Crippen molar-refractivity contribution in [1.29, 1.82) is 0 Å². The third kappa shape index (κ3) is 6.25. The van der Waals surface area contributed by atoms with Crippen LogP contribution in [0.15, 0.2) is 84.9 Å². The van der Waals surface area contributed by atoms with E-state index >= 15 is 0 Å². The zero-order valence-corrected chi connectivity index (χ0v) is 25.1. The Hall–Kier alpha value is -3.85. The fourth-order valence-corrected chi connectivity index (χ4v) is 6.77. The molecule has 3 aromatic rings. The minimum atomic E-state index is -3.82. The second-order valence-electron chi connectivity index (χ2n) is 11.6. The lowest BCUT2D eigenvalue weighted by molar-refractivity contribution is -0.135. The molecule has 8 nitrogen and oxygen atoms in total. The molecular weight excluding hydrogens is 538 g/mol. The van der Waals surface area contributed by atoms with E-state index in [2.05, 4.69) is 13.2 Å². The van der Waals surface area contributed by atoms with Crippen LogP contribution in [0.25, 0.3) is 10.9 Å². The summed E-state index contributed by atoms with van der Waals surface area (Å²) in [6, 6.07) is 14.0. The van der Waals surface area contributed by atoms with Gasteiger partial charge in [-0.05, 0) is 82.9 Å². The summed E-state index contributed by atoms with van der Waals surface area (Å²) in [4.78, 5) is 29.8.